The largest absolute Gasteiger partial charge is 0.357 e. The van der Waals surface area contributed by atoms with Gasteiger partial charge in [-0.3, -0.25) is 4.79 Å². The highest BCUT2D eigenvalue weighted by molar-refractivity contribution is 5.95. The summed E-state index contributed by atoms with van der Waals surface area (Å²) in [6, 6.07) is 8.98. The molecule has 2 N–H and O–H groups in total. The van der Waals surface area contributed by atoms with Crippen LogP contribution >= 0.6 is 0 Å². The highest BCUT2D eigenvalue weighted by Crippen LogP contribution is 2.21. The number of amides is 1. The number of hydrogen-bond acceptors (Lipinski definition) is 3. The lowest BCUT2D eigenvalue weighted by Gasteiger charge is -2.33. The summed E-state index contributed by atoms with van der Waals surface area (Å²) in [5.41, 5.74) is 2.15. The second kappa shape index (κ2) is 11.9. The fraction of sp³-hybridized carbons (Fsp3) is 0.667. The van der Waals surface area contributed by atoms with E-state index in [1.807, 2.05) is 17.0 Å². The Morgan fingerprint density at radius 2 is 1.93 bits per heavy atom. The zero-order valence-electron chi connectivity index (χ0n) is 18.8. The molecule has 1 aromatic rings. The van der Waals surface area contributed by atoms with Crippen molar-refractivity contribution in [2.45, 2.75) is 71.4 Å². The van der Waals surface area contributed by atoms with Gasteiger partial charge in [-0.1, -0.05) is 18.6 Å². The smallest absolute Gasteiger partial charge is 0.227 e. The van der Waals surface area contributed by atoms with Gasteiger partial charge in [-0.25, -0.2) is 4.99 Å². The fourth-order valence-corrected chi connectivity index (χ4v) is 4.35. The Balaban J connectivity index is 1.40. The minimum atomic E-state index is 0.231. The summed E-state index contributed by atoms with van der Waals surface area (Å²) in [7, 11) is 0. The Bertz CT molecular complexity index is 687. The normalized spacial score (nSPS) is 20.6. The van der Waals surface area contributed by atoms with Gasteiger partial charge in [0.05, 0.1) is 6.54 Å². The molecule has 0 aliphatic carbocycles. The predicted molar refractivity (Wildman–Crippen MR) is 125 cm³/mol. The summed E-state index contributed by atoms with van der Waals surface area (Å²) in [6.45, 7) is 10.2. The number of unbranched alkanes of at least 4 members (excludes halogenated alkanes) is 1. The van der Waals surface area contributed by atoms with E-state index in [1.54, 1.807) is 0 Å². The minimum Gasteiger partial charge on any atom is -0.357 e. The van der Waals surface area contributed by atoms with E-state index in [9.17, 15) is 4.79 Å². The number of anilines is 1. The van der Waals surface area contributed by atoms with Crippen molar-refractivity contribution in [3.63, 3.8) is 0 Å². The first-order valence-electron chi connectivity index (χ1n) is 11.8. The maximum absolute atomic E-state index is 11.9. The second-order valence-corrected chi connectivity index (χ2v) is 8.53. The van der Waals surface area contributed by atoms with Crippen molar-refractivity contribution in [1.82, 2.24) is 15.5 Å². The molecule has 0 radical (unpaired) electrons. The summed E-state index contributed by atoms with van der Waals surface area (Å²) in [5, 5.41) is 6.81. The SMILES string of the molecule is CCNC(=NCc1ccc(N2CCCC2=O)cc1)NCCCCN1CCCCC1C. The molecule has 0 spiro atoms. The van der Waals surface area contributed by atoms with Crippen LogP contribution in [0.4, 0.5) is 5.69 Å². The monoisotopic (exact) mass is 413 g/mol. The van der Waals surface area contributed by atoms with Gasteiger partial charge < -0.3 is 20.4 Å². The lowest BCUT2D eigenvalue weighted by atomic mass is 10.0. The van der Waals surface area contributed by atoms with Gasteiger partial charge in [0.15, 0.2) is 5.96 Å². The summed E-state index contributed by atoms with van der Waals surface area (Å²) in [4.78, 5) is 21.1. The number of carbonyl (C=O) groups excluding carboxylic acids is 1. The number of benzene rings is 1. The average Bonchev–Trinajstić information content (AvgIpc) is 3.19. The maximum Gasteiger partial charge on any atom is 0.227 e. The molecule has 0 bridgehead atoms. The van der Waals surface area contributed by atoms with Gasteiger partial charge in [-0.2, -0.15) is 0 Å². The molecule has 2 fully saturated rings. The van der Waals surface area contributed by atoms with Gasteiger partial charge in [0.1, 0.15) is 0 Å². The molecule has 1 atom stereocenters. The highest BCUT2D eigenvalue weighted by Gasteiger charge is 2.21. The van der Waals surface area contributed by atoms with E-state index >= 15 is 0 Å². The zero-order chi connectivity index (χ0) is 21.2. The maximum atomic E-state index is 11.9. The third kappa shape index (κ3) is 6.73. The number of aliphatic imine (C=N–C) groups is 1. The molecule has 3 rings (SSSR count). The standard InChI is InChI=1S/C24H39N5O/c1-3-25-24(26-15-5-7-17-28-16-6-4-9-20(28)2)27-19-21-11-13-22(14-12-21)29-18-8-10-23(29)30/h11-14,20H,3-10,15-19H2,1-2H3,(H2,25,26,27). The van der Waals surface area contributed by atoms with Crippen molar-refractivity contribution in [2.75, 3.05) is 37.6 Å². The molecular formula is C24H39N5O. The van der Waals surface area contributed by atoms with Gasteiger partial charge in [0.2, 0.25) is 5.91 Å². The van der Waals surface area contributed by atoms with E-state index in [-0.39, 0.29) is 5.91 Å². The molecule has 0 aromatic heterocycles. The van der Waals surface area contributed by atoms with Crippen molar-refractivity contribution >= 4 is 17.6 Å². The number of rotatable bonds is 9. The molecule has 1 amide bonds. The van der Waals surface area contributed by atoms with Crippen LogP contribution in [-0.4, -0.2) is 55.5 Å². The van der Waals surface area contributed by atoms with Crippen molar-refractivity contribution < 1.29 is 4.79 Å². The predicted octanol–water partition coefficient (Wildman–Crippen LogP) is 3.52. The average molecular weight is 414 g/mol. The molecule has 2 heterocycles. The lowest BCUT2D eigenvalue weighted by Crippen LogP contribution is -2.39. The van der Waals surface area contributed by atoms with Crippen LogP contribution in [0.1, 0.15) is 64.4 Å². The molecule has 2 aliphatic rings. The Kier molecular flexibility index (Phi) is 9.00. The number of hydrogen-bond donors (Lipinski definition) is 2. The van der Waals surface area contributed by atoms with E-state index in [1.165, 1.54) is 38.8 Å². The molecule has 1 unspecified atom stereocenters. The van der Waals surface area contributed by atoms with Crippen molar-refractivity contribution in [2.24, 2.45) is 4.99 Å². The fourth-order valence-electron chi connectivity index (χ4n) is 4.35. The molecule has 30 heavy (non-hydrogen) atoms. The van der Waals surface area contributed by atoms with Crippen LogP contribution in [0.2, 0.25) is 0 Å². The summed E-state index contributed by atoms with van der Waals surface area (Å²) in [5.74, 6) is 1.11. The zero-order valence-corrected chi connectivity index (χ0v) is 18.8. The van der Waals surface area contributed by atoms with Gasteiger partial charge in [0.25, 0.3) is 0 Å². The quantitative estimate of drug-likeness (QED) is 0.369. The number of piperidine rings is 1. The summed E-state index contributed by atoms with van der Waals surface area (Å²) in [6.07, 6.45) is 8.11. The van der Waals surface area contributed by atoms with E-state index < -0.39 is 0 Å². The number of nitrogens with one attached hydrogen (secondary N) is 2. The van der Waals surface area contributed by atoms with E-state index in [4.69, 9.17) is 4.99 Å². The molecular weight excluding hydrogens is 374 g/mol. The molecule has 2 aliphatic heterocycles. The lowest BCUT2D eigenvalue weighted by molar-refractivity contribution is -0.117. The molecule has 1 aromatic carbocycles. The minimum absolute atomic E-state index is 0.231. The molecule has 6 nitrogen and oxygen atoms in total. The van der Waals surface area contributed by atoms with Crippen molar-refractivity contribution in [1.29, 1.82) is 0 Å². The van der Waals surface area contributed by atoms with Crippen molar-refractivity contribution in [3.05, 3.63) is 29.8 Å². The first-order chi connectivity index (χ1) is 14.7. The number of likely N-dealkylation sites (tertiary alicyclic amines) is 1. The van der Waals surface area contributed by atoms with Crippen LogP contribution in [0.25, 0.3) is 0 Å². The third-order valence-corrected chi connectivity index (χ3v) is 6.19. The first-order valence-corrected chi connectivity index (χ1v) is 11.8. The van der Waals surface area contributed by atoms with E-state index in [0.29, 0.717) is 13.0 Å². The van der Waals surface area contributed by atoms with E-state index in [2.05, 4.69) is 41.5 Å². The molecule has 6 heteroatoms. The molecule has 166 valence electrons. The second-order valence-electron chi connectivity index (χ2n) is 8.53. The van der Waals surface area contributed by atoms with Gasteiger partial charge in [-0.15, -0.1) is 0 Å². The van der Waals surface area contributed by atoms with E-state index in [0.717, 1.165) is 55.7 Å². The van der Waals surface area contributed by atoms with Crippen LogP contribution in [-0.2, 0) is 11.3 Å². The van der Waals surface area contributed by atoms with Gasteiger partial charge >= 0.3 is 0 Å². The van der Waals surface area contributed by atoms with Crippen LogP contribution in [0.15, 0.2) is 29.3 Å². The Morgan fingerprint density at radius 3 is 2.63 bits per heavy atom. The van der Waals surface area contributed by atoms with Crippen LogP contribution in [0.5, 0.6) is 0 Å². The number of carbonyl (C=O) groups is 1. The molecule has 0 saturated carbocycles. The first kappa shape index (κ1) is 22.6. The van der Waals surface area contributed by atoms with Crippen LogP contribution < -0.4 is 15.5 Å². The topological polar surface area (TPSA) is 60.0 Å². The third-order valence-electron chi connectivity index (χ3n) is 6.19. The van der Waals surface area contributed by atoms with Gasteiger partial charge in [-0.05, 0) is 76.7 Å². The highest BCUT2D eigenvalue weighted by atomic mass is 16.2. The van der Waals surface area contributed by atoms with Gasteiger partial charge in [0, 0.05) is 37.8 Å². The molecule has 2 saturated heterocycles. The number of nitrogens with zero attached hydrogens (tertiary/aromatic N) is 3. The van der Waals surface area contributed by atoms with Crippen molar-refractivity contribution in [3.8, 4) is 0 Å². The Morgan fingerprint density at radius 1 is 1.10 bits per heavy atom. The number of guanidine groups is 1. The van der Waals surface area contributed by atoms with Crippen LogP contribution in [0, 0.1) is 0 Å². The summed E-state index contributed by atoms with van der Waals surface area (Å²) < 4.78 is 0. The Hall–Kier alpha value is -2.08. The Labute approximate surface area is 182 Å². The summed E-state index contributed by atoms with van der Waals surface area (Å²) >= 11 is 0. The van der Waals surface area contributed by atoms with Crippen LogP contribution in [0.3, 0.4) is 0 Å².